The zero-order chi connectivity index (χ0) is 11.6. The molecule has 0 radical (unpaired) electrons. The molecule has 4 nitrogen and oxygen atoms in total. The van der Waals surface area contributed by atoms with E-state index in [1.54, 1.807) is 11.6 Å². The number of hydrogen-bond acceptors (Lipinski definition) is 3. The third kappa shape index (κ3) is 2.74. The van der Waals surface area contributed by atoms with Gasteiger partial charge in [-0.05, 0) is 26.1 Å². The van der Waals surface area contributed by atoms with Crippen molar-refractivity contribution >= 4 is 18.2 Å². The largest absolute Gasteiger partial charge is 0.338 e. The summed E-state index contributed by atoms with van der Waals surface area (Å²) in [5.74, 6) is 0.440. The van der Waals surface area contributed by atoms with Crippen molar-refractivity contribution in [3.05, 3.63) is 4.77 Å². The summed E-state index contributed by atoms with van der Waals surface area (Å²) in [5.41, 5.74) is 0. The van der Waals surface area contributed by atoms with Crippen LogP contribution in [0.1, 0.15) is 19.9 Å². The molecule has 0 bridgehead atoms. The van der Waals surface area contributed by atoms with Gasteiger partial charge in [0.15, 0.2) is 4.77 Å². The number of halogens is 2. The van der Waals surface area contributed by atoms with E-state index in [-0.39, 0.29) is 12.6 Å². The number of nitrogens with zero attached hydrogens (tertiary/aromatic N) is 3. The first-order valence-corrected chi connectivity index (χ1v) is 5.00. The molecule has 0 unspecified atom stereocenters. The van der Waals surface area contributed by atoms with Crippen molar-refractivity contribution < 1.29 is 8.78 Å². The molecule has 0 aliphatic heterocycles. The van der Waals surface area contributed by atoms with E-state index in [9.17, 15) is 8.78 Å². The smallest absolute Gasteiger partial charge is 0.255 e. The predicted octanol–water partition coefficient (Wildman–Crippen LogP) is 2.22. The topological polar surface area (TPSA) is 36.9 Å². The molecule has 0 saturated heterocycles. The Morgan fingerprint density at radius 2 is 2.13 bits per heavy atom. The van der Waals surface area contributed by atoms with Crippen LogP contribution in [0.5, 0.6) is 0 Å². The van der Waals surface area contributed by atoms with E-state index >= 15 is 0 Å². The summed E-state index contributed by atoms with van der Waals surface area (Å²) in [6.45, 7) is 3.49. The minimum atomic E-state index is -2.39. The second-order valence-electron chi connectivity index (χ2n) is 3.56. The van der Waals surface area contributed by atoms with E-state index in [1.807, 2.05) is 13.8 Å². The van der Waals surface area contributed by atoms with Gasteiger partial charge in [-0.1, -0.05) is 0 Å². The SMILES string of the molecule is CC(C)n1c(N(C)CC(F)F)n[nH]c1=S. The number of aromatic amines is 1. The molecule has 15 heavy (non-hydrogen) atoms. The maximum absolute atomic E-state index is 12.2. The zero-order valence-corrected chi connectivity index (χ0v) is 9.68. The van der Waals surface area contributed by atoms with Crippen LogP contribution in [0.3, 0.4) is 0 Å². The third-order valence-electron chi connectivity index (χ3n) is 1.96. The molecule has 0 aromatic carbocycles. The molecule has 0 aliphatic rings. The molecule has 1 aromatic heterocycles. The van der Waals surface area contributed by atoms with Gasteiger partial charge in [0.2, 0.25) is 5.95 Å². The monoisotopic (exact) mass is 236 g/mol. The summed E-state index contributed by atoms with van der Waals surface area (Å²) < 4.78 is 26.5. The first-order chi connectivity index (χ1) is 6.93. The van der Waals surface area contributed by atoms with Crippen molar-refractivity contribution in [2.24, 2.45) is 0 Å². The van der Waals surface area contributed by atoms with Crippen LogP contribution in [0.25, 0.3) is 0 Å². The lowest BCUT2D eigenvalue weighted by Crippen LogP contribution is -2.27. The van der Waals surface area contributed by atoms with Gasteiger partial charge in [-0.25, -0.2) is 13.9 Å². The van der Waals surface area contributed by atoms with Gasteiger partial charge in [-0.3, -0.25) is 4.57 Å². The van der Waals surface area contributed by atoms with Gasteiger partial charge in [0.1, 0.15) is 0 Å². The van der Waals surface area contributed by atoms with E-state index in [0.717, 1.165) is 0 Å². The second kappa shape index (κ2) is 4.69. The van der Waals surface area contributed by atoms with Gasteiger partial charge in [0.05, 0.1) is 6.54 Å². The lowest BCUT2D eigenvalue weighted by atomic mass is 10.4. The fraction of sp³-hybridized carbons (Fsp3) is 0.750. The molecule has 7 heteroatoms. The normalized spacial score (nSPS) is 11.4. The predicted molar refractivity (Wildman–Crippen MR) is 57.1 cm³/mol. The maximum atomic E-state index is 12.2. The highest BCUT2D eigenvalue weighted by molar-refractivity contribution is 7.71. The molecule has 0 saturated carbocycles. The summed E-state index contributed by atoms with van der Waals surface area (Å²) in [6, 6.07) is 0.0892. The molecule has 0 amide bonds. The Morgan fingerprint density at radius 3 is 2.60 bits per heavy atom. The Labute approximate surface area is 91.9 Å². The summed E-state index contributed by atoms with van der Waals surface area (Å²) in [6.07, 6.45) is -2.39. The summed E-state index contributed by atoms with van der Waals surface area (Å²) in [5, 5.41) is 6.53. The molecule has 86 valence electrons. The van der Waals surface area contributed by atoms with Gasteiger partial charge in [0.25, 0.3) is 6.43 Å². The first kappa shape index (κ1) is 12.1. The van der Waals surface area contributed by atoms with Gasteiger partial charge in [-0.2, -0.15) is 0 Å². The lowest BCUT2D eigenvalue weighted by Gasteiger charge is -2.19. The van der Waals surface area contributed by atoms with Crippen molar-refractivity contribution in [2.75, 3.05) is 18.5 Å². The van der Waals surface area contributed by atoms with Crippen LogP contribution >= 0.6 is 12.2 Å². The fourth-order valence-electron chi connectivity index (χ4n) is 1.32. The molecule has 1 N–H and O–H groups in total. The lowest BCUT2D eigenvalue weighted by molar-refractivity contribution is 0.155. The van der Waals surface area contributed by atoms with Crippen LogP contribution in [0.2, 0.25) is 0 Å². The van der Waals surface area contributed by atoms with Crippen molar-refractivity contribution in [3.8, 4) is 0 Å². The average Bonchev–Trinajstić information content (AvgIpc) is 2.45. The summed E-state index contributed by atoms with van der Waals surface area (Å²) >= 11 is 5.01. The second-order valence-corrected chi connectivity index (χ2v) is 3.95. The zero-order valence-electron chi connectivity index (χ0n) is 8.87. The van der Waals surface area contributed by atoms with Crippen LogP contribution in [0.15, 0.2) is 0 Å². The highest BCUT2D eigenvalue weighted by Gasteiger charge is 2.16. The van der Waals surface area contributed by atoms with E-state index in [1.165, 1.54) is 4.90 Å². The number of hydrogen-bond donors (Lipinski definition) is 1. The Balaban J connectivity index is 2.99. The molecule has 0 atom stereocenters. The van der Waals surface area contributed by atoms with E-state index in [4.69, 9.17) is 12.2 Å². The van der Waals surface area contributed by atoms with Crippen LogP contribution < -0.4 is 4.90 Å². The van der Waals surface area contributed by atoms with E-state index in [2.05, 4.69) is 10.2 Å². The van der Waals surface area contributed by atoms with Crippen molar-refractivity contribution in [2.45, 2.75) is 26.3 Å². The van der Waals surface area contributed by atoms with Crippen molar-refractivity contribution in [1.29, 1.82) is 0 Å². The molecule has 0 fully saturated rings. The third-order valence-corrected chi connectivity index (χ3v) is 2.24. The molecular formula is C8H14F2N4S. The molecular weight excluding hydrogens is 222 g/mol. The Morgan fingerprint density at radius 1 is 1.53 bits per heavy atom. The Hall–Kier alpha value is -0.980. The highest BCUT2D eigenvalue weighted by atomic mass is 32.1. The molecule has 1 rings (SSSR count). The van der Waals surface area contributed by atoms with Crippen LogP contribution in [0, 0.1) is 4.77 Å². The number of anilines is 1. The summed E-state index contributed by atoms with van der Waals surface area (Å²) in [7, 11) is 1.57. The van der Waals surface area contributed by atoms with Crippen LogP contribution in [-0.2, 0) is 0 Å². The van der Waals surface area contributed by atoms with Gasteiger partial charge in [-0.15, -0.1) is 5.10 Å². The molecule has 1 heterocycles. The first-order valence-electron chi connectivity index (χ1n) is 4.59. The van der Waals surface area contributed by atoms with Gasteiger partial charge < -0.3 is 4.90 Å². The number of aromatic nitrogens is 3. The summed E-state index contributed by atoms with van der Waals surface area (Å²) in [4.78, 5) is 1.39. The van der Waals surface area contributed by atoms with E-state index < -0.39 is 6.43 Å². The van der Waals surface area contributed by atoms with E-state index in [0.29, 0.717) is 10.7 Å². The minimum absolute atomic E-state index is 0.0892. The standard InChI is InChI=1S/C8H14F2N4S/c1-5(2)14-7(11-12-8(14)15)13(3)4-6(9)10/h5-6H,4H2,1-3H3,(H,12,15). The average molecular weight is 236 g/mol. The number of alkyl halides is 2. The van der Waals surface area contributed by atoms with Crippen LogP contribution in [-0.4, -0.2) is 34.8 Å². The van der Waals surface area contributed by atoms with Crippen molar-refractivity contribution in [3.63, 3.8) is 0 Å². The fourth-order valence-corrected chi connectivity index (χ4v) is 1.66. The highest BCUT2D eigenvalue weighted by Crippen LogP contribution is 2.16. The number of H-pyrrole nitrogens is 1. The Bertz CT molecular complexity index is 371. The van der Waals surface area contributed by atoms with Crippen LogP contribution in [0.4, 0.5) is 14.7 Å². The molecule has 1 aromatic rings. The van der Waals surface area contributed by atoms with Gasteiger partial charge >= 0.3 is 0 Å². The van der Waals surface area contributed by atoms with Gasteiger partial charge in [0, 0.05) is 13.1 Å². The molecule has 0 spiro atoms. The number of rotatable bonds is 4. The Kier molecular flexibility index (Phi) is 3.78. The minimum Gasteiger partial charge on any atom is -0.338 e. The maximum Gasteiger partial charge on any atom is 0.255 e. The quantitative estimate of drug-likeness (QED) is 0.814. The number of nitrogens with one attached hydrogen (secondary N) is 1. The van der Waals surface area contributed by atoms with Crippen molar-refractivity contribution in [1.82, 2.24) is 14.8 Å². The molecule has 0 aliphatic carbocycles.